The van der Waals surface area contributed by atoms with Gasteiger partial charge in [0, 0.05) is 19.2 Å². The highest BCUT2D eigenvalue weighted by molar-refractivity contribution is 7.92. The van der Waals surface area contributed by atoms with Gasteiger partial charge in [-0.3, -0.25) is 10.0 Å². The Morgan fingerprint density at radius 2 is 1.77 bits per heavy atom. The molecule has 0 spiro atoms. The van der Waals surface area contributed by atoms with Gasteiger partial charge in [0.1, 0.15) is 5.82 Å². The molecule has 0 atom stereocenters. The molecule has 0 saturated carbocycles. The minimum absolute atomic E-state index is 0.253. The Kier molecular flexibility index (Phi) is 9.76. The lowest BCUT2D eigenvalue weighted by Crippen LogP contribution is -2.32. The summed E-state index contributed by atoms with van der Waals surface area (Å²) >= 11 is 0. The van der Waals surface area contributed by atoms with Crippen molar-refractivity contribution in [2.45, 2.75) is 63.2 Å². The Morgan fingerprint density at radius 3 is 2.40 bits per heavy atom. The van der Waals surface area contributed by atoms with Gasteiger partial charge in [0.2, 0.25) is 5.91 Å². The van der Waals surface area contributed by atoms with E-state index < -0.39 is 15.9 Å². The molecule has 0 aliphatic carbocycles. The van der Waals surface area contributed by atoms with E-state index in [4.69, 9.17) is 5.21 Å². The van der Waals surface area contributed by atoms with Crippen molar-refractivity contribution in [3.05, 3.63) is 54.2 Å². The van der Waals surface area contributed by atoms with Gasteiger partial charge in [0.25, 0.3) is 10.0 Å². The molecule has 1 aromatic heterocycles. The van der Waals surface area contributed by atoms with Crippen LogP contribution < -0.4 is 9.79 Å². The van der Waals surface area contributed by atoms with Gasteiger partial charge in [-0.05, 0) is 55.5 Å². The Bertz CT molecular complexity index is 871. The highest BCUT2D eigenvalue weighted by Gasteiger charge is 2.25. The smallest absolute Gasteiger partial charge is 0.265 e. The first kappa shape index (κ1) is 23.8. The number of anilines is 1. The summed E-state index contributed by atoms with van der Waals surface area (Å²) in [4.78, 5) is 15.6. The number of carbonyl (C=O) groups excluding carboxylic acids is 1. The molecule has 7 nitrogen and oxygen atoms in total. The summed E-state index contributed by atoms with van der Waals surface area (Å²) in [6, 6.07) is 12.3. The first-order valence-corrected chi connectivity index (χ1v) is 11.9. The van der Waals surface area contributed by atoms with Crippen molar-refractivity contribution in [3.8, 4) is 0 Å². The van der Waals surface area contributed by atoms with E-state index in [9.17, 15) is 13.2 Å². The van der Waals surface area contributed by atoms with Crippen molar-refractivity contribution in [1.29, 1.82) is 0 Å². The quantitative estimate of drug-likeness (QED) is 0.282. The van der Waals surface area contributed by atoms with Crippen LogP contribution in [0.15, 0.2) is 53.6 Å². The second-order valence-electron chi connectivity index (χ2n) is 7.21. The fraction of sp³-hybridized carbons (Fsp3) is 0.455. The lowest BCUT2D eigenvalue weighted by atomic mass is 10.1. The number of aromatic nitrogens is 1. The summed E-state index contributed by atoms with van der Waals surface area (Å²) in [6.07, 6.45) is 7.78. The number of benzene rings is 1. The van der Waals surface area contributed by atoms with Crippen LogP contribution >= 0.6 is 0 Å². The standard InChI is InChI=1S/C22H31N3O4S/c1-2-3-10-19-13-15-20(16-14-19)30(28,29)25(21-11-7-8-17-23-21)18-9-5-4-6-12-22(26)24-27/h7-8,11,13-17,27H,2-6,9-10,12,18H2,1H3,(H,24,26). The molecular weight excluding hydrogens is 402 g/mol. The number of rotatable bonds is 13. The molecule has 0 aliphatic heterocycles. The number of carbonyl (C=O) groups is 1. The molecule has 0 fully saturated rings. The second-order valence-corrected chi connectivity index (χ2v) is 9.07. The predicted molar refractivity (Wildman–Crippen MR) is 117 cm³/mol. The van der Waals surface area contributed by atoms with Crippen molar-refractivity contribution in [3.63, 3.8) is 0 Å². The number of amides is 1. The Labute approximate surface area is 179 Å². The lowest BCUT2D eigenvalue weighted by Gasteiger charge is -2.23. The van der Waals surface area contributed by atoms with E-state index in [-0.39, 0.29) is 11.3 Å². The number of sulfonamides is 1. The Hall–Kier alpha value is -2.45. The highest BCUT2D eigenvalue weighted by Crippen LogP contribution is 2.23. The molecule has 1 amide bonds. The first-order chi connectivity index (χ1) is 14.5. The van der Waals surface area contributed by atoms with Gasteiger partial charge < -0.3 is 0 Å². The maximum absolute atomic E-state index is 13.3. The van der Waals surface area contributed by atoms with Gasteiger partial charge in [-0.25, -0.2) is 23.2 Å². The van der Waals surface area contributed by atoms with Crippen LogP contribution in [0.25, 0.3) is 0 Å². The molecule has 1 heterocycles. The van der Waals surface area contributed by atoms with Crippen LogP contribution in [0.3, 0.4) is 0 Å². The van der Waals surface area contributed by atoms with Gasteiger partial charge in [0.05, 0.1) is 4.90 Å². The average molecular weight is 434 g/mol. The van der Waals surface area contributed by atoms with E-state index in [2.05, 4.69) is 11.9 Å². The third kappa shape index (κ3) is 7.11. The zero-order chi connectivity index (χ0) is 21.8. The maximum atomic E-state index is 13.3. The van der Waals surface area contributed by atoms with Gasteiger partial charge in [-0.15, -0.1) is 0 Å². The van der Waals surface area contributed by atoms with E-state index in [1.54, 1.807) is 42.0 Å². The van der Waals surface area contributed by atoms with Gasteiger partial charge in [0.15, 0.2) is 0 Å². The molecular formula is C22H31N3O4S. The van der Waals surface area contributed by atoms with E-state index in [1.165, 1.54) is 4.31 Å². The minimum Gasteiger partial charge on any atom is -0.289 e. The molecule has 1 aromatic carbocycles. The van der Waals surface area contributed by atoms with Gasteiger partial charge in [-0.2, -0.15) is 0 Å². The molecule has 2 N–H and O–H groups in total. The summed E-state index contributed by atoms with van der Waals surface area (Å²) in [5, 5.41) is 8.51. The lowest BCUT2D eigenvalue weighted by molar-refractivity contribution is -0.129. The fourth-order valence-corrected chi connectivity index (χ4v) is 4.60. The number of aryl methyl sites for hydroxylation is 1. The first-order valence-electron chi connectivity index (χ1n) is 10.4. The zero-order valence-corrected chi connectivity index (χ0v) is 18.3. The number of unbranched alkanes of at least 4 members (excludes halogenated alkanes) is 4. The zero-order valence-electron chi connectivity index (χ0n) is 17.5. The van der Waals surface area contributed by atoms with Gasteiger partial charge in [-0.1, -0.05) is 44.4 Å². The van der Waals surface area contributed by atoms with Crippen LogP contribution in [-0.4, -0.2) is 31.1 Å². The van der Waals surface area contributed by atoms with Crippen LogP contribution in [0.5, 0.6) is 0 Å². The molecule has 30 heavy (non-hydrogen) atoms. The molecule has 0 bridgehead atoms. The normalized spacial score (nSPS) is 11.3. The van der Waals surface area contributed by atoms with Crippen LogP contribution in [-0.2, 0) is 21.2 Å². The summed E-state index contributed by atoms with van der Waals surface area (Å²) in [5.41, 5.74) is 2.75. The molecule has 2 aromatic rings. The molecule has 2 rings (SSSR count). The van der Waals surface area contributed by atoms with Crippen LogP contribution in [0.1, 0.15) is 57.4 Å². The largest absolute Gasteiger partial charge is 0.289 e. The van der Waals surface area contributed by atoms with Crippen LogP contribution in [0.4, 0.5) is 5.82 Å². The van der Waals surface area contributed by atoms with E-state index in [0.29, 0.717) is 25.2 Å². The summed E-state index contributed by atoms with van der Waals surface area (Å²) in [7, 11) is -3.73. The SMILES string of the molecule is CCCCc1ccc(S(=O)(=O)N(CCCCCCC(=O)NO)c2ccccn2)cc1. The number of hydrogen-bond acceptors (Lipinski definition) is 5. The Balaban J connectivity index is 2.07. The minimum atomic E-state index is -3.73. The van der Waals surface area contributed by atoms with Crippen molar-refractivity contribution in [1.82, 2.24) is 10.5 Å². The average Bonchev–Trinajstić information content (AvgIpc) is 2.77. The van der Waals surface area contributed by atoms with E-state index >= 15 is 0 Å². The molecule has 0 saturated heterocycles. The van der Waals surface area contributed by atoms with Crippen LogP contribution in [0, 0.1) is 0 Å². The molecule has 164 valence electrons. The number of hydroxylamine groups is 1. The topological polar surface area (TPSA) is 99.6 Å². The Morgan fingerprint density at radius 1 is 1.03 bits per heavy atom. The van der Waals surface area contributed by atoms with Crippen LogP contribution in [0.2, 0.25) is 0 Å². The summed E-state index contributed by atoms with van der Waals surface area (Å²) < 4.78 is 28.0. The fourth-order valence-electron chi connectivity index (χ4n) is 3.15. The monoisotopic (exact) mass is 433 g/mol. The molecule has 8 heteroatoms. The van der Waals surface area contributed by atoms with Crippen molar-refractivity contribution < 1.29 is 18.4 Å². The van der Waals surface area contributed by atoms with Gasteiger partial charge >= 0.3 is 0 Å². The molecule has 0 radical (unpaired) electrons. The van der Waals surface area contributed by atoms with Crippen molar-refractivity contribution >= 4 is 21.7 Å². The molecule has 0 aliphatic rings. The summed E-state index contributed by atoms with van der Waals surface area (Å²) in [6.45, 7) is 2.44. The predicted octanol–water partition coefficient (Wildman–Crippen LogP) is 4.08. The number of nitrogens with one attached hydrogen (secondary N) is 1. The highest BCUT2D eigenvalue weighted by atomic mass is 32.2. The third-order valence-corrected chi connectivity index (χ3v) is 6.69. The number of pyridine rings is 1. The molecule has 0 unspecified atom stereocenters. The number of hydrogen-bond donors (Lipinski definition) is 2. The van der Waals surface area contributed by atoms with E-state index in [0.717, 1.165) is 37.7 Å². The van der Waals surface area contributed by atoms with Crippen molar-refractivity contribution in [2.24, 2.45) is 0 Å². The van der Waals surface area contributed by atoms with E-state index in [1.807, 2.05) is 12.1 Å². The van der Waals surface area contributed by atoms with Crippen molar-refractivity contribution in [2.75, 3.05) is 10.8 Å². The third-order valence-electron chi connectivity index (χ3n) is 4.87. The maximum Gasteiger partial charge on any atom is 0.265 e. The second kappa shape index (κ2) is 12.3. The number of nitrogens with zero attached hydrogens (tertiary/aromatic N) is 2. The summed E-state index contributed by atoms with van der Waals surface area (Å²) in [5.74, 6) is -0.0118.